The number of fused-ring (bicyclic) bond motifs is 4. The maximum atomic E-state index is 13.2. The molecular weight excluding hydrogens is 361 g/mol. The molecular formula is C21H26FN3OS. The summed E-state index contributed by atoms with van der Waals surface area (Å²) < 4.78 is 13.2. The van der Waals surface area contributed by atoms with Crippen LogP contribution in [0.15, 0.2) is 29.6 Å². The molecule has 3 saturated heterocycles. The van der Waals surface area contributed by atoms with E-state index in [1.54, 1.807) is 23.5 Å². The molecule has 1 N–H and O–H groups in total. The van der Waals surface area contributed by atoms with Crippen LogP contribution in [0.4, 0.5) is 9.52 Å². The van der Waals surface area contributed by atoms with Gasteiger partial charge in [0.1, 0.15) is 5.82 Å². The van der Waals surface area contributed by atoms with Gasteiger partial charge in [-0.2, -0.15) is 0 Å². The monoisotopic (exact) mass is 387 g/mol. The summed E-state index contributed by atoms with van der Waals surface area (Å²) in [5.74, 6) is 0.969. The summed E-state index contributed by atoms with van der Waals surface area (Å²) in [5, 5.41) is 13.2. The Morgan fingerprint density at radius 1 is 1.15 bits per heavy atom. The van der Waals surface area contributed by atoms with Gasteiger partial charge in [-0.15, -0.1) is 11.3 Å². The number of piperidine rings is 3. The molecule has 0 amide bonds. The van der Waals surface area contributed by atoms with Crippen LogP contribution >= 0.6 is 11.3 Å². The van der Waals surface area contributed by atoms with Gasteiger partial charge in [0.05, 0.1) is 12.3 Å². The number of thiazole rings is 1. The van der Waals surface area contributed by atoms with Crippen LogP contribution < -0.4 is 4.90 Å². The summed E-state index contributed by atoms with van der Waals surface area (Å²) >= 11 is 1.68. The first-order chi connectivity index (χ1) is 13.2. The molecule has 0 radical (unpaired) electrons. The fourth-order valence-electron chi connectivity index (χ4n) is 5.48. The van der Waals surface area contributed by atoms with Gasteiger partial charge >= 0.3 is 0 Å². The average molecular weight is 388 g/mol. The lowest BCUT2D eigenvalue weighted by molar-refractivity contribution is -0.0517. The SMILES string of the molecule is OC[C@H]1[C@H]2C[C@H](CN(c3nc(-c4ccc(F)cc4)cs3)C2)[C@@H]2CCCCN12. The number of aliphatic hydroxyl groups is 1. The molecule has 0 unspecified atom stereocenters. The number of nitrogens with zero attached hydrogens (tertiary/aromatic N) is 3. The number of halogens is 1. The highest BCUT2D eigenvalue weighted by atomic mass is 32.1. The molecule has 4 atom stereocenters. The Morgan fingerprint density at radius 2 is 1.96 bits per heavy atom. The molecule has 2 bridgehead atoms. The van der Waals surface area contributed by atoms with Gasteiger partial charge in [-0.3, -0.25) is 4.90 Å². The zero-order valence-electron chi connectivity index (χ0n) is 15.4. The molecule has 0 spiro atoms. The standard InChI is InChI=1S/C21H26FN3OS/c22-17-6-4-14(5-7-17)18-13-27-21(23-18)24-10-15-9-16(11-24)20(12-26)25-8-2-1-3-19(15)25/h4-7,13,15-16,19-20,26H,1-3,8-12H2/t15-,16+,19+,20+/m1/s1. The third-order valence-electron chi connectivity index (χ3n) is 6.71. The molecule has 3 aliphatic heterocycles. The Morgan fingerprint density at radius 3 is 2.78 bits per heavy atom. The van der Waals surface area contributed by atoms with E-state index in [4.69, 9.17) is 4.98 Å². The number of hydrogen-bond donors (Lipinski definition) is 1. The Labute approximate surface area is 163 Å². The fourth-order valence-corrected chi connectivity index (χ4v) is 6.33. The number of benzene rings is 1. The van der Waals surface area contributed by atoms with Crippen molar-refractivity contribution in [2.45, 2.75) is 37.8 Å². The van der Waals surface area contributed by atoms with Crippen molar-refractivity contribution in [2.75, 3.05) is 31.1 Å². The highest BCUT2D eigenvalue weighted by Gasteiger charge is 2.47. The summed E-state index contributed by atoms with van der Waals surface area (Å²) in [7, 11) is 0. The molecule has 2 aromatic rings. The molecule has 1 aromatic heterocycles. The van der Waals surface area contributed by atoms with Crippen LogP contribution in [0.5, 0.6) is 0 Å². The van der Waals surface area contributed by atoms with Crippen LogP contribution in [0.1, 0.15) is 25.7 Å². The molecule has 5 rings (SSSR count). The first kappa shape index (κ1) is 17.6. The zero-order chi connectivity index (χ0) is 18.4. The lowest BCUT2D eigenvalue weighted by atomic mass is 9.72. The number of rotatable bonds is 3. The van der Waals surface area contributed by atoms with E-state index in [0.29, 0.717) is 23.9 Å². The van der Waals surface area contributed by atoms with Crippen LogP contribution in [0.2, 0.25) is 0 Å². The van der Waals surface area contributed by atoms with Gasteiger partial charge in [0.15, 0.2) is 5.13 Å². The van der Waals surface area contributed by atoms with Gasteiger partial charge in [-0.25, -0.2) is 9.37 Å². The van der Waals surface area contributed by atoms with Gasteiger partial charge in [-0.1, -0.05) is 6.42 Å². The molecule has 4 heterocycles. The molecule has 0 aliphatic carbocycles. The summed E-state index contributed by atoms with van der Waals surface area (Å²) in [6.45, 7) is 3.45. The zero-order valence-corrected chi connectivity index (χ0v) is 16.2. The lowest BCUT2D eigenvalue weighted by Gasteiger charge is -2.56. The second-order valence-electron chi connectivity index (χ2n) is 8.23. The van der Waals surface area contributed by atoms with E-state index in [1.165, 1.54) is 37.8 Å². The maximum absolute atomic E-state index is 13.2. The minimum Gasteiger partial charge on any atom is -0.395 e. The van der Waals surface area contributed by atoms with Crippen molar-refractivity contribution in [3.05, 3.63) is 35.5 Å². The van der Waals surface area contributed by atoms with Crippen LogP contribution in [0.3, 0.4) is 0 Å². The van der Waals surface area contributed by atoms with Crippen molar-refractivity contribution >= 4 is 16.5 Å². The van der Waals surface area contributed by atoms with Crippen molar-refractivity contribution in [3.63, 3.8) is 0 Å². The molecule has 1 aromatic carbocycles. The predicted octanol–water partition coefficient (Wildman–Crippen LogP) is 3.62. The van der Waals surface area contributed by atoms with Gasteiger partial charge in [0.2, 0.25) is 0 Å². The molecule has 27 heavy (non-hydrogen) atoms. The summed E-state index contributed by atoms with van der Waals surface area (Å²) in [6, 6.07) is 7.48. The second-order valence-corrected chi connectivity index (χ2v) is 9.07. The Hall–Kier alpha value is -1.50. The molecule has 6 heteroatoms. The van der Waals surface area contributed by atoms with Crippen molar-refractivity contribution in [1.82, 2.24) is 9.88 Å². The quantitative estimate of drug-likeness (QED) is 0.873. The average Bonchev–Trinajstić information content (AvgIpc) is 3.19. The van der Waals surface area contributed by atoms with E-state index in [2.05, 4.69) is 15.2 Å². The van der Waals surface area contributed by atoms with E-state index in [1.807, 2.05) is 0 Å². The van der Waals surface area contributed by atoms with Crippen molar-refractivity contribution in [2.24, 2.45) is 11.8 Å². The van der Waals surface area contributed by atoms with Crippen LogP contribution in [0.25, 0.3) is 11.3 Å². The first-order valence-corrected chi connectivity index (χ1v) is 10.9. The van der Waals surface area contributed by atoms with Crippen LogP contribution in [0, 0.1) is 17.7 Å². The highest BCUT2D eigenvalue weighted by molar-refractivity contribution is 7.14. The first-order valence-electron chi connectivity index (χ1n) is 10.1. The van der Waals surface area contributed by atoms with Crippen molar-refractivity contribution in [3.8, 4) is 11.3 Å². The van der Waals surface area contributed by atoms with E-state index in [9.17, 15) is 9.50 Å². The molecule has 4 nitrogen and oxygen atoms in total. The Kier molecular flexibility index (Phi) is 4.66. The van der Waals surface area contributed by atoms with Gasteiger partial charge < -0.3 is 10.0 Å². The van der Waals surface area contributed by atoms with Crippen molar-refractivity contribution in [1.29, 1.82) is 0 Å². The van der Waals surface area contributed by atoms with E-state index in [-0.39, 0.29) is 12.4 Å². The van der Waals surface area contributed by atoms with Crippen LogP contribution in [-0.4, -0.2) is 53.3 Å². The topological polar surface area (TPSA) is 39.6 Å². The van der Waals surface area contributed by atoms with E-state index < -0.39 is 0 Å². The third-order valence-corrected chi connectivity index (χ3v) is 7.61. The Balaban J connectivity index is 1.38. The van der Waals surface area contributed by atoms with E-state index in [0.717, 1.165) is 36.0 Å². The molecule has 3 fully saturated rings. The highest BCUT2D eigenvalue weighted by Crippen LogP contribution is 2.42. The van der Waals surface area contributed by atoms with Gasteiger partial charge in [-0.05, 0) is 61.9 Å². The lowest BCUT2D eigenvalue weighted by Crippen LogP contribution is -2.64. The maximum Gasteiger partial charge on any atom is 0.185 e. The minimum atomic E-state index is -0.217. The van der Waals surface area contributed by atoms with Crippen LogP contribution in [-0.2, 0) is 0 Å². The van der Waals surface area contributed by atoms with E-state index >= 15 is 0 Å². The summed E-state index contributed by atoms with van der Waals surface area (Å²) in [5.41, 5.74) is 1.88. The summed E-state index contributed by atoms with van der Waals surface area (Å²) in [6.07, 6.45) is 5.08. The third kappa shape index (κ3) is 3.18. The number of anilines is 1. The van der Waals surface area contributed by atoms with Crippen molar-refractivity contribution < 1.29 is 9.50 Å². The fraction of sp³-hybridized carbons (Fsp3) is 0.571. The second kappa shape index (κ2) is 7.15. The summed E-state index contributed by atoms with van der Waals surface area (Å²) in [4.78, 5) is 9.91. The van der Waals surface area contributed by atoms with Gasteiger partial charge in [0.25, 0.3) is 0 Å². The minimum absolute atomic E-state index is 0.217. The molecule has 3 aliphatic rings. The predicted molar refractivity (Wildman–Crippen MR) is 107 cm³/mol. The molecule has 0 saturated carbocycles. The number of hydrogen-bond acceptors (Lipinski definition) is 5. The number of aromatic nitrogens is 1. The normalized spacial score (nSPS) is 31.0. The molecule has 144 valence electrons. The largest absolute Gasteiger partial charge is 0.395 e. The number of aliphatic hydroxyl groups excluding tert-OH is 1. The Bertz CT molecular complexity index is 781. The van der Waals surface area contributed by atoms with Gasteiger partial charge in [0, 0.05) is 36.1 Å². The smallest absolute Gasteiger partial charge is 0.185 e.